The summed E-state index contributed by atoms with van der Waals surface area (Å²) in [6.45, 7) is 1.41. The van der Waals surface area contributed by atoms with Gasteiger partial charge in [-0.3, -0.25) is 0 Å². The van der Waals surface area contributed by atoms with Crippen molar-refractivity contribution in [3.05, 3.63) is 33.8 Å². The second-order valence-corrected chi connectivity index (χ2v) is 6.00. The Bertz CT molecular complexity index is 591. The van der Waals surface area contributed by atoms with E-state index in [-0.39, 0.29) is 23.4 Å². The topological polar surface area (TPSA) is 0 Å². The van der Waals surface area contributed by atoms with E-state index in [1.807, 2.05) is 0 Å². The number of rotatable bonds is 4. The van der Waals surface area contributed by atoms with Crippen molar-refractivity contribution in [3.63, 3.8) is 0 Å². The van der Waals surface area contributed by atoms with Crippen LogP contribution in [0.4, 0.5) is 39.5 Å². The van der Waals surface area contributed by atoms with Crippen LogP contribution in [0.15, 0.2) is 16.6 Å². The first-order valence-electron chi connectivity index (χ1n) is 6.51. The number of halogens is 10. The van der Waals surface area contributed by atoms with Crippen LogP contribution in [0.5, 0.6) is 0 Å². The van der Waals surface area contributed by atoms with Crippen molar-refractivity contribution in [2.45, 2.75) is 44.2 Å². The molecule has 0 aliphatic carbocycles. The fraction of sp³-hybridized carbons (Fsp3) is 0.571. The lowest BCUT2D eigenvalue weighted by atomic mass is 9.77. The van der Waals surface area contributed by atoms with Gasteiger partial charge in [0.05, 0.1) is 5.92 Å². The summed E-state index contributed by atoms with van der Waals surface area (Å²) in [7, 11) is 0. The summed E-state index contributed by atoms with van der Waals surface area (Å²) in [5.41, 5.74) is -6.48. The van der Waals surface area contributed by atoms with Gasteiger partial charge < -0.3 is 0 Å². The van der Waals surface area contributed by atoms with Crippen molar-refractivity contribution in [1.29, 1.82) is 0 Å². The van der Waals surface area contributed by atoms with Crippen LogP contribution in [-0.2, 0) is 12.1 Å². The molecule has 0 amide bonds. The number of alkyl halides is 9. The van der Waals surface area contributed by atoms with Crippen LogP contribution in [0.25, 0.3) is 0 Å². The third kappa shape index (κ3) is 3.52. The zero-order valence-corrected chi connectivity index (χ0v) is 13.8. The van der Waals surface area contributed by atoms with E-state index < -0.39 is 35.4 Å². The lowest BCUT2D eigenvalue weighted by Gasteiger charge is -2.39. The van der Waals surface area contributed by atoms with Crippen LogP contribution in [0.2, 0.25) is 0 Å². The Balaban J connectivity index is 3.77. The molecule has 24 heavy (non-hydrogen) atoms. The van der Waals surface area contributed by atoms with Crippen molar-refractivity contribution in [1.82, 2.24) is 0 Å². The molecule has 0 saturated carbocycles. The van der Waals surface area contributed by atoms with Gasteiger partial charge >= 0.3 is 18.3 Å². The van der Waals surface area contributed by atoms with Crippen LogP contribution in [0, 0.1) is 12.0 Å². The number of hydrogen-bond donors (Lipinski definition) is 0. The molecule has 0 aromatic heterocycles. The number of aryl methyl sites for hydroxylation is 1. The molecule has 0 aliphatic heterocycles. The molecule has 0 spiro atoms. The Labute approximate surface area is 140 Å². The first-order chi connectivity index (χ1) is 10.6. The van der Waals surface area contributed by atoms with E-state index in [4.69, 9.17) is 0 Å². The molecular weight excluding hydrogens is 419 g/mol. The van der Waals surface area contributed by atoms with Gasteiger partial charge in [-0.15, -0.1) is 0 Å². The monoisotopic (exact) mass is 429 g/mol. The minimum atomic E-state index is -6.51. The molecule has 0 bridgehead atoms. The first-order valence-corrected chi connectivity index (χ1v) is 7.30. The van der Waals surface area contributed by atoms with Crippen LogP contribution in [0.1, 0.15) is 25.0 Å². The minimum absolute atomic E-state index is 0.0197. The smallest absolute Gasteiger partial charge is 0.231 e. The predicted molar refractivity (Wildman–Crippen MR) is 71.4 cm³/mol. The number of benzene rings is 1. The van der Waals surface area contributed by atoms with Crippen LogP contribution in [-0.4, -0.2) is 18.3 Å². The Morgan fingerprint density at radius 3 is 1.88 bits per heavy atom. The predicted octanol–water partition coefficient (Wildman–Crippen LogP) is 6.37. The van der Waals surface area contributed by atoms with Crippen LogP contribution in [0.3, 0.4) is 0 Å². The van der Waals surface area contributed by atoms with Gasteiger partial charge in [0.25, 0.3) is 0 Å². The van der Waals surface area contributed by atoms with Crippen molar-refractivity contribution < 1.29 is 39.5 Å². The summed E-state index contributed by atoms with van der Waals surface area (Å²) in [5, 5.41) is 0. The third-order valence-corrected chi connectivity index (χ3v) is 4.02. The summed E-state index contributed by atoms with van der Waals surface area (Å²) >= 11 is 2.73. The van der Waals surface area contributed by atoms with Gasteiger partial charge in [-0.1, -0.05) is 35.8 Å². The lowest BCUT2D eigenvalue weighted by Crippen LogP contribution is -2.58. The Morgan fingerprint density at radius 2 is 1.50 bits per heavy atom. The fourth-order valence-electron chi connectivity index (χ4n) is 2.13. The van der Waals surface area contributed by atoms with Gasteiger partial charge in [0.2, 0.25) is 5.67 Å². The number of hydrogen-bond acceptors (Lipinski definition) is 0. The average molecular weight is 430 g/mol. The summed E-state index contributed by atoms with van der Waals surface area (Å²) in [6.07, 6.45) is -12.1. The quantitative estimate of drug-likeness (QED) is 0.487. The molecule has 0 aliphatic rings. The molecule has 2 atom stereocenters. The Hall–Kier alpha value is -0.930. The second kappa shape index (κ2) is 6.42. The molecule has 10 heteroatoms. The van der Waals surface area contributed by atoms with E-state index >= 15 is 0 Å². The van der Waals surface area contributed by atoms with E-state index in [2.05, 4.69) is 22.0 Å². The molecule has 0 nitrogen and oxygen atoms in total. The summed E-state index contributed by atoms with van der Waals surface area (Å²) in [4.78, 5) is 0. The highest BCUT2D eigenvalue weighted by Gasteiger charge is 2.76. The van der Waals surface area contributed by atoms with E-state index in [1.165, 1.54) is 6.92 Å². The highest BCUT2D eigenvalue weighted by atomic mass is 79.9. The maximum absolute atomic E-state index is 15.0. The average Bonchev–Trinajstić information content (AvgIpc) is 2.42. The minimum Gasteiger partial charge on any atom is -0.231 e. The molecule has 1 radical (unpaired) electrons. The highest BCUT2D eigenvalue weighted by molar-refractivity contribution is 9.10. The molecule has 0 fully saturated rings. The van der Waals surface area contributed by atoms with Gasteiger partial charge in [0.1, 0.15) is 0 Å². The SMILES string of the molecule is CCc1[c]c(Br)cc(C(F)(C(C)C(F)(F)F)C(F)(F)C(F)(F)F)c1. The standard InChI is InChI=1S/C14H11BrF9/c1-3-8-4-9(6-10(15)5-8)11(16,7(2)12(17,18)19)13(20,21)14(22,23)24/h4,6-7H,3H2,1-2H3. The normalized spacial score (nSPS) is 17.5. The van der Waals surface area contributed by atoms with E-state index in [1.54, 1.807) is 0 Å². The molecular formula is C14H11BrF9. The van der Waals surface area contributed by atoms with E-state index in [0.29, 0.717) is 12.1 Å². The molecule has 0 N–H and O–H groups in total. The molecule has 1 rings (SSSR count). The van der Waals surface area contributed by atoms with Crippen molar-refractivity contribution in [2.24, 2.45) is 5.92 Å². The molecule has 2 unspecified atom stereocenters. The van der Waals surface area contributed by atoms with Gasteiger partial charge in [-0.25, -0.2) is 4.39 Å². The zero-order valence-electron chi connectivity index (χ0n) is 12.2. The van der Waals surface area contributed by atoms with Gasteiger partial charge in [-0.05, 0) is 23.6 Å². The Kier molecular flexibility index (Phi) is 5.65. The maximum Gasteiger partial charge on any atom is 0.457 e. The molecule has 1 aromatic carbocycles. The van der Waals surface area contributed by atoms with Gasteiger partial charge in [0, 0.05) is 10.5 Å². The van der Waals surface area contributed by atoms with Gasteiger partial charge in [-0.2, -0.15) is 35.1 Å². The maximum atomic E-state index is 15.0. The molecule has 1 aromatic rings. The zero-order chi connectivity index (χ0) is 19.1. The van der Waals surface area contributed by atoms with Crippen LogP contribution < -0.4 is 0 Å². The molecule has 0 heterocycles. The first kappa shape index (κ1) is 21.1. The lowest BCUT2D eigenvalue weighted by molar-refractivity contribution is -0.358. The highest BCUT2D eigenvalue weighted by Crippen LogP contribution is 2.58. The Morgan fingerprint density at radius 1 is 1.00 bits per heavy atom. The molecule has 137 valence electrons. The molecule has 0 saturated heterocycles. The fourth-order valence-corrected chi connectivity index (χ4v) is 2.63. The summed E-state index contributed by atoms with van der Waals surface area (Å²) < 4.78 is 119. The van der Waals surface area contributed by atoms with Gasteiger partial charge in [0.15, 0.2) is 0 Å². The largest absolute Gasteiger partial charge is 0.457 e. The second-order valence-electron chi connectivity index (χ2n) is 5.14. The van der Waals surface area contributed by atoms with Crippen molar-refractivity contribution >= 4 is 15.9 Å². The van der Waals surface area contributed by atoms with Crippen molar-refractivity contribution in [2.75, 3.05) is 0 Å². The van der Waals surface area contributed by atoms with Crippen molar-refractivity contribution in [3.8, 4) is 0 Å². The van der Waals surface area contributed by atoms with E-state index in [0.717, 1.165) is 0 Å². The third-order valence-electron chi connectivity index (χ3n) is 3.59. The van der Waals surface area contributed by atoms with E-state index in [9.17, 15) is 39.5 Å². The summed E-state index contributed by atoms with van der Waals surface area (Å²) in [5.74, 6) is -9.87. The summed E-state index contributed by atoms with van der Waals surface area (Å²) in [6, 6.07) is 3.46. The van der Waals surface area contributed by atoms with Crippen LogP contribution >= 0.6 is 15.9 Å².